The Hall–Kier alpha value is -1.47. The zero-order valence-electron chi connectivity index (χ0n) is 9.48. The molecule has 2 N–H and O–H groups in total. The van der Waals surface area contributed by atoms with Crippen molar-refractivity contribution in [2.24, 2.45) is 0 Å². The fourth-order valence-corrected chi connectivity index (χ4v) is 2.39. The van der Waals surface area contributed by atoms with Crippen molar-refractivity contribution in [3.8, 4) is 0 Å². The average Bonchev–Trinajstić information content (AvgIpc) is 2.81. The Kier molecular flexibility index (Phi) is 3.93. The maximum atomic E-state index is 11.8. The minimum absolute atomic E-state index is 0.0213. The number of nitrogens with zero attached hydrogens (tertiary/aromatic N) is 1. The van der Waals surface area contributed by atoms with Crippen molar-refractivity contribution in [2.45, 2.75) is 18.9 Å². The van der Waals surface area contributed by atoms with E-state index in [1.807, 2.05) is 0 Å². The summed E-state index contributed by atoms with van der Waals surface area (Å²) in [6, 6.07) is 4.25. The van der Waals surface area contributed by atoms with Crippen molar-refractivity contribution < 1.29 is 9.72 Å². The fourth-order valence-electron chi connectivity index (χ4n) is 1.87. The quantitative estimate of drug-likeness (QED) is 0.660. The van der Waals surface area contributed by atoms with Gasteiger partial charge < -0.3 is 10.6 Å². The number of anilines is 1. The summed E-state index contributed by atoms with van der Waals surface area (Å²) in [6.07, 6.45) is 1.81. The highest BCUT2D eigenvalue weighted by Crippen LogP contribution is 2.27. The van der Waals surface area contributed by atoms with E-state index in [0.717, 1.165) is 19.4 Å². The molecule has 0 bridgehead atoms. The molecule has 1 aliphatic heterocycles. The molecule has 1 atom stereocenters. The summed E-state index contributed by atoms with van der Waals surface area (Å²) in [5.41, 5.74) is 0.526. The average molecular weight is 314 g/mol. The highest BCUT2D eigenvalue weighted by Gasteiger charge is 2.22. The van der Waals surface area contributed by atoms with Crippen LogP contribution in [0, 0.1) is 10.1 Å². The van der Waals surface area contributed by atoms with E-state index in [2.05, 4.69) is 26.6 Å². The predicted molar refractivity (Wildman–Crippen MR) is 70.5 cm³/mol. The Labute approximate surface area is 112 Å². The first-order valence-corrected chi connectivity index (χ1v) is 6.35. The number of hydrogen-bond donors (Lipinski definition) is 2. The van der Waals surface area contributed by atoms with Crippen LogP contribution in [0.2, 0.25) is 0 Å². The van der Waals surface area contributed by atoms with Gasteiger partial charge in [0.1, 0.15) is 0 Å². The largest absolute Gasteiger partial charge is 0.325 e. The molecule has 0 unspecified atom stereocenters. The molecular formula is C11H12BrN3O3. The van der Waals surface area contributed by atoms with Crippen LogP contribution in [0.15, 0.2) is 22.7 Å². The highest BCUT2D eigenvalue weighted by atomic mass is 79.9. The molecule has 1 aromatic carbocycles. The first-order chi connectivity index (χ1) is 8.58. The van der Waals surface area contributed by atoms with E-state index in [1.165, 1.54) is 18.2 Å². The molecular weight excluding hydrogens is 302 g/mol. The number of halogens is 1. The first-order valence-electron chi connectivity index (χ1n) is 5.56. The van der Waals surface area contributed by atoms with Crippen LogP contribution in [0.5, 0.6) is 0 Å². The van der Waals surface area contributed by atoms with E-state index in [1.54, 1.807) is 0 Å². The van der Waals surface area contributed by atoms with Gasteiger partial charge in [-0.1, -0.05) is 0 Å². The van der Waals surface area contributed by atoms with Gasteiger partial charge in [-0.3, -0.25) is 14.9 Å². The fraction of sp³-hybridized carbons (Fsp3) is 0.364. The van der Waals surface area contributed by atoms with Crippen LogP contribution in [0.4, 0.5) is 11.4 Å². The third-order valence-corrected chi connectivity index (χ3v) is 3.42. The zero-order chi connectivity index (χ0) is 13.1. The van der Waals surface area contributed by atoms with E-state index < -0.39 is 4.92 Å². The molecule has 7 heteroatoms. The van der Waals surface area contributed by atoms with Crippen molar-refractivity contribution in [3.63, 3.8) is 0 Å². The molecule has 1 saturated heterocycles. The monoisotopic (exact) mass is 313 g/mol. The Morgan fingerprint density at radius 3 is 2.89 bits per heavy atom. The third-order valence-electron chi connectivity index (χ3n) is 2.79. The number of carbonyl (C=O) groups excluding carboxylic acids is 1. The van der Waals surface area contributed by atoms with Crippen molar-refractivity contribution in [1.82, 2.24) is 5.32 Å². The minimum Gasteiger partial charge on any atom is -0.325 e. The summed E-state index contributed by atoms with van der Waals surface area (Å²) in [5.74, 6) is -0.103. The van der Waals surface area contributed by atoms with Crippen molar-refractivity contribution in [1.29, 1.82) is 0 Å². The molecule has 0 aromatic heterocycles. The predicted octanol–water partition coefficient (Wildman–Crippen LogP) is 2.05. The normalized spacial score (nSPS) is 18.6. The minimum atomic E-state index is -0.478. The summed E-state index contributed by atoms with van der Waals surface area (Å²) >= 11 is 3.11. The van der Waals surface area contributed by atoms with Gasteiger partial charge in [0.15, 0.2) is 0 Å². The molecule has 1 fully saturated rings. The number of amides is 1. The van der Waals surface area contributed by atoms with Crippen molar-refractivity contribution in [3.05, 3.63) is 32.8 Å². The molecule has 18 heavy (non-hydrogen) atoms. The van der Waals surface area contributed by atoms with E-state index in [9.17, 15) is 14.9 Å². The summed E-state index contributed by atoms with van der Waals surface area (Å²) < 4.78 is 0.352. The van der Waals surface area contributed by atoms with Gasteiger partial charge in [0, 0.05) is 11.8 Å². The smallest absolute Gasteiger partial charge is 0.283 e. The van der Waals surface area contributed by atoms with Gasteiger partial charge in [0.2, 0.25) is 5.91 Å². The molecule has 2 rings (SSSR count). The van der Waals surface area contributed by atoms with Crippen LogP contribution >= 0.6 is 15.9 Å². The van der Waals surface area contributed by atoms with Crippen molar-refractivity contribution >= 4 is 33.2 Å². The van der Waals surface area contributed by atoms with Gasteiger partial charge in [-0.2, -0.15) is 0 Å². The maximum Gasteiger partial charge on any atom is 0.283 e. The third kappa shape index (κ3) is 2.85. The molecule has 96 valence electrons. The summed E-state index contributed by atoms with van der Waals surface area (Å²) in [4.78, 5) is 22.0. The van der Waals surface area contributed by atoms with Gasteiger partial charge in [-0.25, -0.2) is 0 Å². The summed E-state index contributed by atoms with van der Waals surface area (Å²) in [6.45, 7) is 0.849. The van der Waals surface area contributed by atoms with Crippen LogP contribution < -0.4 is 10.6 Å². The number of rotatable bonds is 3. The first kappa shape index (κ1) is 13.0. The van der Waals surface area contributed by atoms with Crippen LogP contribution in [-0.4, -0.2) is 23.4 Å². The number of benzene rings is 1. The van der Waals surface area contributed by atoms with Crippen LogP contribution in [0.25, 0.3) is 0 Å². The van der Waals surface area contributed by atoms with Crippen LogP contribution in [0.1, 0.15) is 12.8 Å². The SMILES string of the molecule is O=C(Nc1ccc([N+](=O)[O-])c(Br)c1)[C@H]1CCCN1. The van der Waals surface area contributed by atoms with E-state index in [0.29, 0.717) is 10.2 Å². The highest BCUT2D eigenvalue weighted by molar-refractivity contribution is 9.10. The molecule has 6 nitrogen and oxygen atoms in total. The Morgan fingerprint density at radius 2 is 2.33 bits per heavy atom. The molecule has 0 aliphatic carbocycles. The Bertz CT molecular complexity index is 486. The van der Waals surface area contributed by atoms with Crippen molar-refractivity contribution in [2.75, 3.05) is 11.9 Å². The lowest BCUT2D eigenvalue weighted by Crippen LogP contribution is -2.35. The number of hydrogen-bond acceptors (Lipinski definition) is 4. The standard InChI is InChI=1S/C11H12BrN3O3/c12-8-6-7(3-4-10(8)15(17)18)14-11(16)9-2-1-5-13-9/h3-4,6,9,13H,1-2,5H2,(H,14,16)/t9-/m1/s1. The Morgan fingerprint density at radius 1 is 1.56 bits per heavy atom. The van der Waals surface area contributed by atoms with Gasteiger partial charge in [-0.15, -0.1) is 0 Å². The topological polar surface area (TPSA) is 84.3 Å². The molecule has 0 saturated carbocycles. The maximum absolute atomic E-state index is 11.8. The summed E-state index contributed by atoms with van der Waals surface area (Å²) in [7, 11) is 0. The molecule has 1 heterocycles. The lowest BCUT2D eigenvalue weighted by atomic mass is 10.2. The van der Waals surface area contributed by atoms with Crippen LogP contribution in [0.3, 0.4) is 0 Å². The van der Waals surface area contributed by atoms with Crippen LogP contribution in [-0.2, 0) is 4.79 Å². The number of carbonyl (C=O) groups is 1. The van der Waals surface area contributed by atoms with Gasteiger partial charge in [0.05, 0.1) is 15.4 Å². The molecule has 1 amide bonds. The lowest BCUT2D eigenvalue weighted by Gasteiger charge is -2.11. The second-order valence-electron chi connectivity index (χ2n) is 4.06. The number of nitrogens with one attached hydrogen (secondary N) is 2. The van der Waals surface area contributed by atoms with Gasteiger partial charge >= 0.3 is 0 Å². The molecule has 0 spiro atoms. The van der Waals surface area contributed by atoms with Gasteiger partial charge in [-0.05, 0) is 47.4 Å². The molecule has 1 aromatic rings. The summed E-state index contributed by atoms with van der Waals surface area (Å²) in [5, 5.41) is 16.5. The molecule has 1 aliphatic rings. The Balaban J connectivity index is 2.07. The lowest BCUT2D eigenvalue weighted by molar-refractivity contribution is -0.385. The van der Waals surface area contributed by atoms with E-state index in [4.69, 9.17) is 0 Å². The van der Waals surface area contributed by atoms with Gasteiger partial charge in [0.25, 0.3) is 5.69 Å². The van der Waals surface area contributed by atoms with E-state index in [-0.39, 0.29) is 17.6 Å². The second kappa shape index (κ2) is 5.45. The zero-order valence-corrected chi connectivity index (χ0v) is 11.1. The van der Waals surface area contributed by atoms with E-state index >= 15 is 0 Å². The number of nitro benzene ring substituents is 1. The second-order valence-corrected chi connectivity index (χ2v) is 4.92. The molecule has 0 radical (unpaired) electrons. The number of nitro groups is 1.